The van der Waals surface area contributed by atoms with Gasteiger partial charge < -0.3 is 5.73 Å². The molecule has 0 aromatic heterocycles. The molecule has 0 aliphatic heterocycles. The average molecular weight is 208 g/mol. The molecule has 0 saturated heterocycles. The Bertz CT molecular complexity index is 243. The van der Waals surface area contributed by atoms with Crippen LogP contribution in [0.1, 0.15) is 13.8 Å². The summed E-state index contributed by atoms with van der Waals surface area (Å²) in [4.78, 5) is 10.9. The number of hydrogen-bond acceptors (Lipinski definition) is 1. The van der Waals surface area contributed by atoms with Crippen LogP contribution < -0.4 is 5.73 Å². The van der Waals surface area contributed by atoms with Crippen molar-refractivity contribution in [2.24, 2.45) is 23.0 Å². The van der Waals surface area contributed by atoms with Crippen molar-refractivity contribution >= 4 is 29.1 Å². The monoisotopic (exact) mass is 207 g/mol. The normalized spacial score (nSPS) is 31.0. The summed E-state index contributed by atoms with van der Waals surface area (Å²) in [6, 6.07) is 0. The summed E-state index contributed by atoms with van der Waals surface area (Å²) < 4.78 is 0.205. The van der Waals surface area contributed by atoms with E-state index in [2.05, 4.69) is 0 Å². The van der Waals surface area contributed by atoms with Gasteiger partial charge in [0.25, 0.3) is 0 Å². The highest BCUT2D eigenvalue weighted by atomic mass is 35.5. The second-order valence-electron chi connectivity index (χ2n) is 3.68. The number of nitrogens with two attached hydrogens (primary N) is 1. The van der Waals surface area contributed by atoms with E-state index in [1.54, 1.807) is 6.08 Å². The Morgan fingerprint density at radius 2 is 2.00 bits per heavy atom. The molecule has 0 heterocycles. The van der Waals surface area contributed by atoms with Crippen LogP contribution in [-0.2, 0) is 4.79 Å². The Labute approximate surface area is 81.7 Å². The first-order valence-corrected chi connectivity index (χ1v) is 4.45. The summed E-state index contributed by atoms with van der Waals surface area (Å²) >= 11 is 11.0. The highest BCUT2D eigenvalue weighted by Crippen LogP contribution is 2.59. The number of allylic oxidation sites excluding steroid dienone is 1. The fourth-order valence-corrected chi connectivity index (χ4v) is 1.94. The molecule has 1 aliphatic carbocycles. The first-order chi connectivity index (χ1) is 5.37. The first-order valence-electron chi connectivity index (χ1n) is 3.69. The summed E-state index contributed by atoms with van der Waals surface area (Å²) in [7, 11) is 0. The molecule has 12 heavy (non-hydrogen) atoms. The maximum Gasteiger partial charge on any atom is 0.221 e. The minimum absolute atomic E-state index is 0.0825. The number of primary amides is 1. The van der Waals surface area contributed by atoms with E-state index in [9.17, 15) is 4.79 Å². The molecular formula is C8H11Cl2NO. The van der Waals surface area contributed by atoms with Gasteiger partial charge in [0.15, 0.2) is 0 Å². The van der Waals surface area contributed by atoms with E-state index in [1.165, 1.54) is 0 Å². The third-order valence-corrected chi connectivity index (χ3v) is 2.77. The third-order valence-electron chi connectivity index (χ3n) is 2.52. The Balaban J connectivity index is 2.73. The van der Waals surface area contributed by atoms with Crippen LogP contribution in [0.25, 0.3) is 0 Å². The van der Waals surface area contributed by atoms with Gasteiger partial charge in [-0.1, -0.05) is 37.0 Å². The van der Waals surface area contributed by atoms with Gasteiger partial charge in [-0.3, -0.25) is 4.79 Å². The van der Waals surface area contributed by atoms with Crippen LogP contribution in [0.5, 0.6) is 0 Å². The van der Waals surface area contributed by atoms with Crippen molar-refractivity contribution in [3.63, 3.8) is 0 Å². The minimum Gasteiger partial charge on any atom is -0.369 e. The minimum atomic E-state index is -0.282. The second kappa shape index (κ2) is 2.93. The van der Waals surface area contributed by atoms with Gasteiger partial charge in [0.05, 0.1) is 5.92 Å². The summed E-state index contributed by atoms with van der Waals surface area (Å²) in [5.41, 5.74) is 5.10. The number of carbonyl (C=O) groups is 1. The largest absolute Gasteiger partial charge is 0.369 e. The van der Waals surface area contributed by atoms with Crippen molar-refractivity contribution < 1.29 is 4.79 Å². The standard InChI is InChI=1S/C8H11Cl2NO/c1-8(2)4(3-5(9)10)6(8)7(11)12/h3-4,6H,1-2H3,(H2,11,12)/t4-,6-/m0/s1. The van der Waals surface area contributed by atoms with E-state index in [0.29, 0.717) is 0 Å². The molecule has 0 radical (unpaired) electrons. The van der Waals surface area contributed by atoms with Crippen LogP contribution in [0.2, 0.25) is 0 Å². The summed E-state index contributed by atoms with van der Waals surface area (Å²) in [6.45, 7) is 3.95. The molecule has 0 spiro atoms. The number of hydrogen-bond donors (Lipinski definition) is 1. The molecule has 0 aromatic rings. The Hall–Kier alpha value is -0.210. The third kappa shape index (κ3) is 1.59. The molecule has 2 N–H and O–H groups in total. The molecule has 1 rings (SSSR count). The van der Waals surface area contributed by atoms with E-state index >= 15 is 0 Å². The SMILES string of the molecule is CC1(C)[C@H](C(N)=O)[C@@H]1C=C(Cl)Cl. The van der Waals surface area contributed by atoms with Gasteiger partial charge in [-0.05, 0) is 17.4 Å². The van der Waals surface area contributed by atoms with Crippen LogP contribution in [-0.4, -0.2) is 5.91 Å². The van der Waals surface area contributed by atoms with Crippen LogP contribution in [0.3, 0.4) is 0 Å². The zero-order valence-electron chi connectivity index (χ0n) is 6.97. The van der Waals surface area contributed by atoms with Crippen molar-refractivity contribution in [1.29, 1.82) is 0 Å². The van der Waals surface area contributed by atoms with Gasteiger partial charge in [0.1, 0.15) is 4.49 Å². The Kier molecular flexibility index (Phi) is 2.41. The fourth-order valence-electron chi connectivity index (χ4n) is 1.67. The van der Waals surface area contributed by atoms with E-state index in [-0.39, 0.29) is 27.6 Å². The van der Waals surface area contributed by atoms with Gasteiger partial charge in [0.2, 0.25) is 5.91 Å². The van der Waals surface area contributed by atoms with Crippen molar-refractivity contribution in [3.05, 3.63) is 10.6 Å². The van der Waals surface area contributed by atoms with Gasteiger partial charge in [-0.15, -0.1) is 0 Å². The number of carbonyl (C=O) groups excluding carboxylic acids is 1. The molecule has 2 nitrogen and oxygen atoms in total. The molecule has 68 valence electrons. The quantitative estimate of drug-likeness (QED) is 0.741. The Morgan fingerprint density at radius 3 is 2.25 bits per heavy atom. The summed E-state index contributed by atoms with van der Waals surface area (Å²) in [5, 5.41) is 0. The molecule has 1 aliphatic rings. The molecule has 1 saturated carbocycles. The number of rotatable bonds is 2. The van der Waals surface area contributed by atoms with E-state index in [1.807, 2.05) is 13.8 Å². The van der Waals surface area contributed by atoms with Crippen LogP contribution in [0, 0.1) is 17.3 Å². The Morgan fingerprint density at radius 1 is 1.50 bits per heavy atom. The molecule has 4 heteroatoms. The lowest BCUT2D eigenvalue weighted by Gasteiger charge is -1.96. The topological polar surface area (TPSA) is 43.1 Å². The maximum atomic E-state index is 10.9. The molecule has 0 unspecified atom stereocenters. The number of halogens is 2. The van der Waals surface area contributed by atoms with Crippen molar-refractivity contribution in [3.8, 4) is 0 Å². The van der Waals surface area contributed by atoms with Crippen molar-refractivity contribution in [1.82, 2.24) is 0 Å². The van der Waals surface area contributed by atoms with Gasteiger partial charge >= 0.3 is 0 Å². The molecule has 1 fully saturated rings. The molecular weight excluding hydrogens is 197 g/mol. The zero-order chi connectivity index (χ0) is 9.52. The van der Waals surface area contributed by atoms with Crippen molar-refractivity contribution in [2.75, 3.05) is 0 Å². The predicted octanol–water partition coefficient (Wildman–Crippen LogP) is 2.06. The predicted molar refractivity (Wildman–Crippen MR) is 49.7 cm³/mol. The second-order valence-corrected chi connectivity index (χ2v) is 4.69. The highest BCUT2D eigenvalue weighted by molar-refractivity contribution is 6.55. The van der Waals surface area contributed by atoms with Crippen LogP contribution >= 0.6 is 23.2 Å². The fraction of sp³-hybridized carbons (Fsp3) is 0.625. The smallest absolute Gasteiger partial charge is 0.221 e. The first kappa shape index (κ1) is 9.87. The average Bonchev–Trinajstić information content (AvgIpc) is 2.32. The lowest BCUT2D eigenvalue weighted by Crippen LogP contribution is -2.16. The van der Waals surface area contributed by atoms with E-state index in [4.69, 9.17) is 28.9 Å². The van der Waals surface area contributed by atoms with Crippen LogP contribution in [0.4, 0.5) is 0 Å². The van der Waals surface area contributed by atoms with Gasteiger partial charge in [-0.25, -0.2) is 0 Å². The van der Waals surface area contributed by atoms with Crippen LogP contribution in [0.15, 0.2) is 10.6 Å². The van der Waals surface area contributed by atoms with Crippen molar-refractivity contribution in [2.45, 2.75) is 13.8 Å². The summed E-state index contributed by atoms with van der Waals surface area (Å²) in [6.07, 6.45) is 1.68. The van der Waals surface area contributed by atoms with E-state index in [0.717, 1.165) is 0 Å². The lowest BCUT2D eigenvalue weighted by molar-refractivity contribution is -0.119. The number of amides is 1. The summed E-state index contributed by atoms with van der Waals surface area (Å²) in [5.74, 6) is -0.305. The van der Waals surface area contributed by atoms with E-state index < -0.39 is 0 Å². The molecule has 1 amide bonds. The molecule has 2 atom stereocenters. The van der Waals surface area contributed by atoms with Gasteiger partial charge in [-0.2, -0.15) is 0 Å². The lowest BCUT2D eigenvalue weighted by atomic mass is 10.1. The zero-order valence-corrected chi connectivity index (χ0v) is 8.49. The van der Waals surface area contributed by atoms with Gasteiger partial charge in [0, 0.05) is 0 Å². The highest BCUT2D eigenvalue weighted by Gasteiger charge is 2.59. The molecule has 0 bridgehead atoms. The maximum absolute atomic E-state index is 10.9. The molecule has 0 aromatic carbocycles.